The summed E-state index contributed by atoms with van der Waals surface area (Å²) in [6, 6.07) is 10.1. The average molecular weight is 189 g/mol. The number of hydrogen-bond donors (Lipinski definition) is 0. The van der Waals surface area contributed by atoms with Crippen LogP contribution in [-0.4, -0.2) is 6.61 Å². The van der Waals surface area contributed by atoms with Gasteiger partial charge in [0.1, 0.15) is 0 Å². The first-order valence-electron chi connectivity index (χ1n) is 4.92. The van der Waals surface area contributed by atoms with E-state index in [0.717, 1.165) is 12.0 Å². The third-order valence-electron chi connectivity index (χ3n) is 2.17. The number of ether oxygens (including phenoxy) is 1. The fraction of sp³-hybridized carbons (Fsp3) is 0.417. The van der Waals surface area contributed by atoms with Crippen molar-refractivity contribution in [3.63, 3.8) is 0 Å². The first kappa shape index (κ1) is 10.7. The zero-order chi connectivity index (χ0) is 10.4. The van der Waals surface area contributed by atoms with Crippen molar-refractivity contribution in [1.29, 1.82) is 5.26 Å². The first-order valence-corrected chi connectivity index (χ1v) is 4.92. The molecule has 0 spiro atoms. The molecule has 2 heteroatoms. The van der Waals surface area contributed by atoms with E-state index in [1.807, 2.05) is 31.2 Å². The molecule has 0 aliphatic rings. The van der Waals surface area contributed by atoms with Crippen LogP contribution < -0.4 is 0 Å². The van der Waals surface area contributed by atoms with Crippen LogP contribution in [0.1, 0.15) is 31.1 Å². The molecular formula is C12H15NO. The lowest BCUT2D eigenvalue weighted by Crippen LogP contribution is -2.04. The van der Waals surface area contributed by atoms with Crippen LogP contribution in [0.2, 0.25) is 0 Å². The van der Waals surface area contributed by atoms with Crippen LogP contribution in [0.25, 0.3) is 0 Å². The van der Waals surface area contributed by atoms with E-state index in [4.69, 9.17) is 10.00 Å². The highest BCUT2D eigenvalue weighted by molar-refractivity contribution is 5.32. The van der Waals surface area contributed by atoms with E-state index < -0.39 is 6.10 Å². The lowest BCUT2D eigenvalue weighted by Gasteiger charge is -2.12. The third kappa shape index (κ3) is 2.34. The Morgan fingerprint density at radius 3 is 2.64 bits per heavy atom. The van der Waals surface area contributed by atoms with Crippen LogP contribution in [0.3, 0.4) is 0 Å². The van der Waals surface area contributed by atoms with Crippen molar-refractivity contribution in [2.45, 2.75) is 26.4 Å². The van der Waals surface area contributed by atoms with Gasteiger partial charge in [-0.1, -0.05) is 31.2 Å². The van der Waals surface area contributed by atoms with Crippen LogP contribution in [0.15, 0.2) is 24.3 Å². The van der Waals surface area contributed by atoms with Gasteiger partial charge in [-0.3, -0.25) is 0 Å². The molecule has 1 unspecified atom stereocenters. The quantitative estimate of drug-likeness (QED) is 0.729. The van der Waals surface area contributed by atoms with Crippen molar-refractivity contribution >= 4 is 0 Å². The second-order valence-electron chi connectivity index (χ2n) is 3.02. The van der Waals surface area contributed by atoms with Crippen LogP contribution in [0.4, 0.5) is 0 Å². The van der Waals surface area contributed by atoms with E-state index in [2.05, 4.69) is 13.0 Å². The molecule has 0 saturated heterocycles. The minimum atomic E-state index is -0.420. The Hall–Kier alpha value is -1.33. The number of nitrogens with zero attached hydrogens (tertiary/aromatic N) is 1. The largest absolute Gasteiger partial charge is 0.359 e. The highest BCUT2D eigenvalue weighted by Crippen LogP contribution is 2.21. The summed E-state index contributed by atoms with van der Waals surface area (Å²) >= 11 is 0. The molecule has 0 amide bonds. The maximum Gasteiger partial charge on any atom is 0.169 e. The molecule has 14 heavy (non-hydrogen) atoms. The second kappa shape index (κ2) is 5.41. The lowest BCUT2D eigenvalue weighted by molar-refractivity contribution is 0.101. The Morgan fingerprint density at radius 2 is 2.07 bits per heavy atom. The summed E-state index contributed by atoms with van der Waals surface area (Å²) in [5.41, 5.74) is 2.19. The van der Waals surface area contributed by atoms with E-state index in [-0.39, 0.29) is 0 Å². The predicted molar refractivity (Wildman–Crippen MR) is 55.8 cm³/mol. The molecule has 1 rings (SSSR count). The van der Waals surface area contributed by atoms with Gasteiger partial charge in [-0.15, -0.1) is 0 Å². The van der Waals surface area contributed by atoms with Crippen LogP contribution >= 0.6 is 0 Å². The Labute approximate surface area is 85.1 Å². The highest BCUT2D eigenvalue weighted by atomic mass is 16.5. The molecule has 0 radical (unpaired) electrons. The minimum absolute atomic E-state index is 0.420. The zero-order valence-corrected chi connectivity index (χ0v) is 8.66. The molecule has 2 nitrogen and oxygen atoms in total. The molecule has 1 aromatic rings. The summed E-state index contributed by atoms with van der Waals surface area (Å²) in [6.45, 7) is 4.55. The van der Waals surface area contributed by atoms with Gasteiger partial charge in [-0.25, -0.2) is 0 Å². The number of benzene rings is 1. The van der Waals surface area contributed by atoms with Gasteiger partial charge in [0, 0.05) is 6.61 Å². The lowest BCUT2D eigenvalue weighted by atomic mass is 10.0. The van der Waals surface area contributed by atoms with Crippen molar-refractivity contribution in [3.8, 4) is 6.07 Å². The molecule has 0 saturated carbocycles. The first-order chi connectivity index (χ1) is 6.83. The van der Waals surface area contributed by atoms with Gasteiger partial charge in [0.2, 0.25) is 0 Å². The van der Waals surface area contributed by atoms with Crippen LogP contribution in [0, 0.1) is 11.3 Å². The monoisotopic (exact) mass is 189 g/mol. The molecule has 0 aromatic heterocycles. The van der Waals surface area contributed by atoms with Crippen LogP contribution in [-0.2, 0) is 11.2 Å². The Bertz CT molecular complexity index is 327. The third-order valence-corrected chi connectivity index (χ3v) is 2.17. The number of aryl methyl sites for hydroxylation is 1. The normalized spacial score (nSPS) is 12.1. The van der Waals surface area contributed by atoms with Crippen molar-refractivity contribution in [3.05, 3.63) is 35.4 Å². The second-order valence-corrected chi connectivity index (χ2v) is 3.02. The number of hydrogen-bond acceptors (Lipinski definition) is 2. The molecule has 0 aliphatic heterocycles. The summed E-state index contributed by atoms with van der Waals surface area (Å²) in [5, 5.41) is 8.96. The highest BCUT2D eigenvalue weighted by Gasteiger charge is 2.12. The van der Waals surface area contributed by atoms with E-state index in [1.54, 1.807) is 0 Å². The average Bonchev–Trinajstić information content (AvgIpc) is 2.26. The molecule has 0 aliphatic carbocycles. The SMILES string of the molecule is CCOC(C#N)c1ccccc1CC. The standard InChI is InChI=1S/C12H15NO/c1-3-10-7-5-6-8-11(10)12(9-13)14-4-2/h5-8,12H,3-4H2,1-2H3. The Kier molecular flexibility index (Phi) is 4.15. The summed E-state index contributed by atoms with van der Waals surface area (Å²) in [4.78, 5) is 0. The fourth-order valence-corrected chi connectivity index (χ4v) is 1.48. The fourth-order valence-electron chi connectivity index (χ4n) is 1.48. The number of rotatable bonds is 4. The molecule has 74 valence electrons. The van der Waals surface area contributed by atoms with E-state index in [1.165, 1.54) is 5.56 Å². The van der Waals surface area contributed by atoms with Gasteiger partial charge in [0.15, 0.2) is 6.10 Å². The molecule has 0 heterocycles. The van der Waals surface area contributed by atoms with Crippen molar-refractivity contribution in [1.82, 2.24) is 0 Å². The van der Waals surface area contributed by atoms with Crippen molar-refractivity contribution in [2.24, 2.45) is 0 Å². The minimum Gasteiger partial charge on any atom is -0.359 e. The topological polar surface area (TPSA) is 33.0 Å². The number of nitriles is 1. The summed E-state index contributed by atoms with van der Waals surface area (Å²) in [6.07, 6.45) is 0.512. The van der Waals surface area contributed by atoms with Crippen LogP contribution in [0.5, 0.6) is 0 Å². The van der Waals surface area contributed by atoms with Gasteiger partial charge in [-0.2, -0.15) is 5.26 Å². The Balaban J connectivity index is 2.97. The smallest absolute Gasteiger partial charge is 0.169 e. The Morgan fingerprint density at radius 1 is 1.36 bits per heavy atom. The summed E-state index contributed by atoms with van der Waals surface area (Å²) in [5.74, 6) is 0. The maximum atomic E-state index is 8.96. The van der Waals surface area contributed by atoms with E-state index in [0.29, 0.717) is 6.61 Å². The van der Waals surface area contributed by atoms with Crippen molar-refractivity contribution < 1.29 is 4.74 Å². The molecule has 1 aromatic carbocycles. The zero-order valence-electron chi connectivity index (χ0n) is 8.66. The van der Waals surface area contributed by atoms with Gasteiger partial charge in [-0.05, 0) is 24.5 Å². The molecule has 0 bridgehead atoms. The van der Waals surface area contributed by atoms with E-state index in [9.17, 15) is 0 Å². The predicted octanol–water partition coefficient (Wildman–Crippen LogP) is 2.85. The molecule has 0 N–H and O–H groups in total. The molecule has 0 fully saturated rings. The summed E-state index contributed by atoms with van der Waals surface area (Å²) < 4.78 is 5.36. The summed E-state index contributed by atoms with van der Waals surface area (Å²) in [7, 11) is 0. The van der Waals surface area contributed by atoms with Gasteiger partial charge in [0.05, 0.1) is 6.07 Å². The van der Waals surface area contributed by atoms with E-state index >= 15 is 0 Å². The van der Waals surface area contributed by atoms with Gasteiger partial charge in [0.25, 0.3) is 0 Å². The van der Waals surface area contributed by atoms with Gasteiger partial charge >= 0.3 is 0 Å². The molecular weight excluding hydrogens is 174 g/mol. The molecule has 1 atom stereocenters. The van der Waals surface area contributed by atoms with Gasteiger partial charge < -0.3 is 4.74 Å². The maximum absolute atomic E-state index is 8.96. The van der Waals surface area contributed by atoms with Crippen molar-refractivity contribution in [2.75, 3.05) is 6.61 Å².